The molecule has 118 valence electrons. The molecule has 0 aromatic heterocycles. The second-order valence-corrected chi connectivity index (χ2v) is 8.46. The van der Waals surface area contributed by atoms with E-state index in [0.717, 1.165) is 0 Å². The van der Waals surface area contributed by atoms with Crippen LogP contribution in [0.5, 0.6) is 0 Å². The predicted octanol–water partition coefficient (Wildman–Crippen LogP) is 2.21. The van der Waals surface area contributed by atoms with Crippen LogP contribution in [0.3, 0.4) is 0 Å². The van der Waals surface area contributed by atoms with Crippen molar-refractivity contribution in [3.05, 3.63) is 0 Å². The second kappa shape index (κ2) is 6.03. The smallest absolute Gasteiger partial charge is 0.205 e. The van der Waals surface area contributed by atoms with Gasteiger partial charge in [0.2, 0.25) is 7.37 Å². The fraction of sp³-hybridized carbons (Fsp3) is 1.00. The zero-order valence-electron chi connectivity index (χ0n) is 12.8. The Morgan fingerprint density at radius 1 is 1.25 bits per heavy atom. The molecule has 5 atom stereocenters. The molecule has 7 heteroatoms. The van der Waals surface area contributed by atoms with Gasteiger partial charge in [-0.3, -0.25) is 4.57 Å². The largest absolute Gasteiger partial charge is 0.376 e. The third-order valence-electron chi connectivity index (χ3n) is 3.66. The lowest BCUT2D eigenvalue weighted by Gasteiger charge is -2.27. The van der Waals surface area contributed by atoms with E-state index in [-0.39, 0.29) is 18.3 Å². The van der Waals surface area contributed by atoms with Crippen molar-refractivity contribution in [2.75, 3.05) is 26.0 Å². The number of hydrogen-bond acceptors (Lipinski definition) is 6. The van der Waals surface area contributed by atoms with Gasteiger partial charge in [-0.15, -0.1) is 0 Å². The van der Waals surface area contributed by atoms with Crippen LogP contribution in [0, 0.1) is 0 Å². The molecule has 1 unspecified atom stereocenters. The van der Waals surface area contributed by atoms with Crippen molar-refractivity contribution in [3.8, 4) is 0 Å². The first kappa shape index (κ1) is 16.4. The van der Waals surface area contributed by atoms with Crippen molar-refractivity contribution in [1.29, 1.82) is 0 Å². The van der Waals surface area contributed by atoms with Crippen molar-refractivity contribution in [2.45, 2.75) is 58.1 Å². The van der Waals surface area contributed by atoms with Crippen molar-refractivity contribution in [3.63, 3.8) is 0 Å². The molecule has 2 rings (SSSR count). The molecule has 0 bridgehead atoms. The Bertz CT molecular complexity index is 385. The lowest BCUT2D eigenvalue weighted by Crippen LogP contribution is -2.37. The minimum absolute atomic E-state index is 0.285. The monoisotopic (exact) mass is 308 g/mol. The molecular formula is C13H25O6P. The van der Waals surface area contributed by atoms with E-state index in [1.54, 1.807) is 7.11 Å². The fourth-order valence-electron chi connectivity index (χ4n) is 2.76. The van der Waals surface area contributed by atoms with Crippen LogP contribution in [0.15, 0.2) is 0 Å². The minimum Gasteiger partial charge on any atom is -0.376 e. The lowest BCUT2D eigenvalue weighted by atomic mass is 10.1. The van der Waals surface area contributed by atoms with Gasteiger partial charge < -0.3 is 23.5 Å². The predicted molar refractivity (Wildman–Crippen MR) is 74.1 cm³/mol. The molecule has 0 aromatic carbocycles. The summed E-state index contributed by atoms with van der Waals surface area (Å²) in [7, 11) is -1.08. The van der Waals surface area contributed by atoms with Crippen LogP contribution >= 0.6 is 7.37 Å². The Morgan fingerprint density at radius 2 is 1.95 bits per heavy atom. The standard InChI is InChI=1S/C13H25O6P/c1-6-16-20(14,7-2)8-9-10(15-5)11-12(17-9)19-13(3,4)18-11/h9-12H,6-8H2,1-5H3/t9-,10+,11-,12-,20?/m1/s1. The van der Waals surface area contributed by atoms with Gasteiger partial charge in [0.15, 0.2) is 12.1 Å². The van der Waals surface area contributed by atoms with E-state index >= 15 is 0 Å². The van der Waals surface area contributed by atoms with Crippen molar-refractivity contribution >= 4 is 7.37 Å². The molecule has 6 nitrogen and oxygen atoms in total. The van der Waals surface area contributed by atoms with E-state index in [1.807, 2.05) is 27.7 Å². The van der Waals surface area contributed by atoms with Crippen LogP contribution in [0.2, 0.25) is 0 Å². The van der Waals surface area contributed by atoms with Gasteiger partial charge in [-0.25, -0.2) is 0 Å². The van der Waals surface area contributed by atoms with Gasteiger partial charge in [0.25, 0.3) is 0 Å². The van der Waals surface area contributed by atoms with Crippen LogP contribution in [-0.2, 0) is 28.0 Å². The molecule has 0 radical (unpaired) electrons. The summed E-state index contributed by atoms with van der Waals surface area (Å²) in [6.45, 7) is 7.82. The average molecular weight is 308 g/mol. The summed E-state index contributed by atoms with van der Waals surface area (Å²) in [6.07, 6.45) is -0.556. The van der Waals surface area contributed by atoms with Gasteiger partial charge in [-0.2, -0.15) is 0 Å². The molecule has 0 N–H and O–H groups in total. The molecule has 2 fully saturated rings. The topological polar surface area (TPSA) is 63.2 Å². The summed E-state index contributed by atoms with van der Waals surface area (Å²) in [5.41, 5.74) is 0. The maximum atomic E-state index is 12.6. The van der Waals surface area contributed by atoms with Gasteiger partial charge in [0.1, 0.15) is 12.2 Å². The molecule has 2 aliphatic rings. The first-order valence-corrected chi connectivity index (χ1v) is 9.10. The van der Waals surface area contributed by atoms with Crippen molar-refractivity contribution < 1.29 is 28.0 Å². The highest BCUT2D eigenvalue weighted by Gasteiger charge is 2.56. The summed E-state index contributed by atoms with van der Waals surface area (Å²) in [5, 5.41) is 0. The maximum absolute atomic E-state index is 12.6. The van der Waals surface area contributed by atoms with Crippen LogP contribution in [0.25, 0.3) is 0 Å². The Kier molecular flexibility index (Phi) is 4.95. The van der Waals surface area contributed by atoms with E-state index in [9.17, 15) is 4.57 Å². The van der Waals surface area contributed by atoms with Gasteiger partial charge >= 0.3 is 0 Å². The lowest BCUT2D eigenvalue weighted by molar-refractivity contribution is -0.213. The van der Waals surface area contributed by atoms with E-state index in [2.05, 4.69) is 0 Å². The van der Waals surface area contributed by atoms with Crippen LogP contribution in [-0.4, -0.2) is 56.4 Å². The van der Waals surface area contributed by atoms with Crippen LogP contribution < -0.4 is 0 Å². The first-order chi connectivity index (χ1) is 9.34. The third-order valence-corrected chi connectivity index (χ3v) is 6.27. The van der Waals surface area contributed by atoms with E-state index in [1.165, 1.54) is 0 Å². The normalized spacial score (nSPS) is 38.6. The number of ether oxygens (including phenoxy) is 4. The van der Waals surface area contributed by atoms with Gasteiger partial charge in [0, 0.05) is 13.3 Å². The quantitative estimate of drug-likeness (QED) is 0.701. The molecule has 0 aromatic rings. The molecule has 20 heavy (non-hydrogen) atoms. The molecule has 2 saturated heterocycles. The summed E-state index contributed by atoms with van der Waals surface area (Å²) in [4.78, 5) is 0. The number of hydrogen-bond donors (Lipinski definition) is 0. The molecule has 0 aliphatic carbocycles. The van der Waals surface area contributed by atoms with Crippen LogP contribution in [0.4, 0.5) is 0 Å². The second-order valence-electron chi connectivity index (χ2n) is 5.57. The summed E-state index contributed by atoms with van der Waals surface area (Å²) in [5.74, 6) is -0.675. The Balaban J connectivity index is 2.06. The molecule has 0 spiro atoms. The molecule has 2 heterocycles. The first-order valence-electron chi connectivity index (χ1n) is 7.10. The number of fused-ring (bicyclic) bond motifs is 1. The van der Waals surface area contributed by atoms with E-state index in [0.29, 0.717) is 18.9 Å². The van der Waals surface area contributed by atoms with Gasteiger partial charge in [0.05, 0.1) is 18.9 Å². The third kappa shape index (κ3) is 3.26. The number of rotatable bonds is 6. The van der Waals surface area contributed by atoms with Gasteiger partial charge in [-0.1, -0.05) is 6.92 Å². The summed E-state index contributed by atoms with van der Waals surface area (Å²) < 4.78 is 40.9. The molecule has 0 saturated carbocycles. The fourth-order valence-corrected chi connectivity index (χ4v) is 4.62. The zero-order chi connectivity index (χ0) is 15.0. The Hall–Kier alpha value is 0.0300. The summed E-state index contributed by atoms with van der Waals surface area (Å²) >= 11 is 0. The highest BCUT2D eigenvalue weighted by atomic mass is 31.2. The van der Waals surface area contributed by atoms with E-state index in [4.69, 9.17) is 23.5 Å². The van der Waals surface area contributed by atoms with Crippen molar-refractivity contribution in [2.24, 2.45) is 0 Å². The van der Waals surface area contributed by atoms with Gasteiger partial charge in [-0.05, 0) is 20.8 Å². The zero-order valence-corrected chi connectivity index (χ0v) is 13.7. The number of methoxy groups -OCH3 is 1. The Labute approximate surface area is 120 Å². The molecule has 0 amide bonds. The Morgan fingerprint density at radius 3 is 2.50 bits per heavy atom. The average Bonchev–Trinajstić information content (AvgIpc) is 2.80. The highest BCUT2D eigenvalue weighted by Crippen LogP contribution is 2.50. The maximum Gasteiger partial charge on any atom is 0.205 e. The molecular weight excluding hydrogens is 283 g/mol. The van der Waals surface area contributed by atoms with Crippen LogP contribution in [0.1, 0.15) is 27.7 Å². The minimum atomic E-state index is -2.69. The van der Waals surface area contributed by atoms with E-state index < -0.39 is 19.4 Å². The highest BCUT2D eigenvalue weighted by molar-refractivity contribution is 7.59. The summed E-state index contributed by atoms with van der Waals surface area (Å²) in [6, 6.07) is 0. The molecule has 2 aliphatic heterocycles. The van der Waals surface area contributed by atoms with Crippen molar-refractivity contribution in [1.82, 2.24) is 0 Å². The SMILES string of the molecule is CCOP(=O)(CC)C[C@H]1O[C@@H]2OC(C)(C)O[C@@H]2[C@H]1OC.